The van der Waals surface area contributed by atoms with Crippen molar-refractivity contribution in [3.05, 3.63) is 86.0 Å². The smallest absolute Gasteiger partial charge is 0.277 e. The second kappa shape index (κ2) is 9.07. The number of non-ortho nitro benzene ring substituents is 2. The van der Waals surface area contributed by atoms with Crippen LogP contribution in [0, 0.1) is 20.2 Å². The van der Waals surface area contributed by atoms with Gasteiger partial charge in [-0.3, -0.25) is 29.9 Å². The van der Waals surface area contributed by atoms with E-state index in [1.807, 2.05) is 36.4 Å². The van der Waals surface area contributed by atoms with Crippen molar-refractivity contribution in [1.82, 2.24) is 9.80 Å². The van der Waals surface area contributed by atoms with Crippen molar-refractivity contribution in [1.29, 1.82) is 0 Å². The molecule has 9 heteroatoms. The summed E-state index contributed by atoms with van der Waals surface area (Å²) in [4.78, 5) is 37.0. The fraction of sp³-hybridized carbons (Fsp3) is 0.250. The predicted octanol–water partition coefficient (Wildman–Crippen LogP) is 2.97. The van der Waals surface area contributed by atoms with Gasteiger partial charge in [-0.1, -0.05) is 42.5 Å². The predicted molar refractivity (Wildman–Crippen MR) is 108 cm³/mol. The third-order valence-electron chi connectivity index (χ3n) is 4.70. The zero-order chi connectivity index (χ0) is 20.8. The number of carbonyl (C=O) groups is 1. The molecular formula is C20H20N4O5. The number of benzene rings is 2. The van der Waals surface area contributed by atoms with Gasteiger partial charge in [0.1, 0.15) is 0 Å². The summed E-state index contributed by atoms with van der Waals surface area (Å²) >= 11 is 0. The van der Waals surface area contributed by atoms with Crippen LogP contribution in [0.25, 0.3) is 6.08 Å². The summed E-state index contributed by atoms with van der Waals surface area (Å²) in [5.41, 5.74) is 0.149. The van der Waals surface area contributed by atoms with Crippen LogP contribution in [0.4, 0.5) is 11.4 Å². The van der Waals surface area contributed by atoms with E-state index in [1.165, 1.54) is 0 Å². The lowest BCUT2D eigenvalue weighted by Crippen LogP contribution is -2.48. The van der Waals surface area contributed by atoms with Crippen LogP contribution in [0.15, 0.2) is 54.6 Å². The molecule has 1 amide bonds. The molecule has 0 bridgehead atoms. The summed E-state index contributed by atoms with van der Waals surface area (Å²) in [5.74, 6) is -0.434. The van der Waals surface area contributed by atoms with Gasteiger partial charge in [-0.25, -0.2) is 0 Å². The number of rotatable bonds is 6. The van der Waals surface area contributed by atoms with Crippen molar-refractivity contribution in [2.45, 2.75) is 0 Å². The van der Waals surface area contributed by atoms with E-state index in [4.69, 9.17) is 0 Å². The van der Waals surface area contributed by atoms with E-state index in [9.17, 15) is 25.0 Å². The molecule has 0 saturated carbocycles. The highest BCUT2D eigenvalue weighted by Crippen LogP contribution is 2.24. The number of nitro benzene ring substituents is 2. The van der Waals surface area contributed by atoms with Crippen molar-refractivity contribution >= 4 is 23.4 Å². The average molecular weight is 396 g/mol. The molecule has 1 aliphatic heterocycles. The van der Waals surface area contributed by atoms with Crippen molar-refractivity contribution in [2.24, 2.45) is 0 Å². The highest BCUT2D eigenvalue weighted by Gasteiger charge is 2.25. The van der Waals surface area contributed by atoms with E-state index in [-0.39, 0.29) is 5.56 Å². The van der Waals surface area contributed by atoms with Crippen molar-refractivity contribution in [3.63, 3.8) is 0 Å². The van der Waals surface area contributed by atoms with Crippen LogP contribution in [-0.2, 0) is 0 Å². The first-order valence-electron chi connectivity index (χ1n) is 9.11. The number of hydrogen-bond acceptors (Lipinski definition) is 6. The Kier molecular flexibility index (Phi) is 6.30. The van der Waals surface area contributed by atoms with Crippen LogP contribution in [0.5, 0.6) is 0 Å². The van der Waals surface area contributed by atoms with Crippen molar-refractivity contribution in [3.8, 4) is 0 Å². The number of nitro groups is 2. The van der Waals surface area contributed by atoms with E-state index in [0.717, 1.165) is 30.3 Å². The first-order valence-corrected chi connectivity index (χ1v) is 9.11. The van der Waals surface area contributed by atoms with E-state index < -0.39 is 27.1 Å². The van der Waals surface area contributed by atoms with E-state index >= 15 is 0 Å². The maximum atomic E-state index is 12.7. The molecule has 2 aromatic rings. The molecule has 0 N–H and O–H groups in total. The minimum Gasteiger partial charge on any atom is -0.336 e. The Morgan fingerprint density at radius 1 is 0.931 bits per heavy atom. The van der Waals surface area contributed by atoms with Gasteiger partial charge in [-0.2, -0.15) is 0 Å². The molecule has 2 aromatic carbocycles. The summed E-state index contributed by atoms with van der Waals surface area (Å²) in [6, 6.07) is 13.0. The number of amides is 1. The van der Waals surface area contributed by atoms with Crippen molar-refractivity contribution in [2.75, 3.05) is 32.7 Å². The fourth-order valence-corrected chi connectivity index (χ4v) is 3.15. The second-order valence-electron chi connectivity index (χ2n) is 6.66. The Hall–Kier alpha value is -3.59. The molecule has 0 aromatic heterocycles. The Morgan fingerprint density at radius 3 is 2.07 bits per heavy atom. The molecule has 9 nitrogen and oxygen atoms in total. The van der Waals surface area contributed by atoms with Crippen LogP contribution < -0.4 is 0 Å². The molecule has 1 heterocycles. The normalized spacial score (nSPS) is 14.8. The maximum absolute atomic E-state index is 12.7. The Labute approximate surface area is 167 Å². The van der Waals surface area contributed by atoms with Crippen molar-refractivity contribution < 1.29 is 14.6 Å². The monoisotopic (exact) mass is 396 g/mol. The van der Waals surface area contributed by atoms with Gasteiger partial charge < -0.3 is 4.90 Å². The highest BCUT2D eigenvalue weighted by molar-refractivity contribution is 5.95. The number of carbonyl (C=O) groups excluding carboxylic acids is 1. The minimum atomic E-state index is -0.735. The molecule has 0 aliphatic carbocycles. The zero-order valence-corrected chi connectivity index (χ0v) is 15.6. The summed E-state index contributed by atoms with van der Waals surface area (Å²) in [6.45, 7) is 2.96. The zero-order valence-electron chi connectivity index (χ0n) is 15.6. The third-order valence-corrected chi connectivity index (χ3v) is 4.70. The van der Waals surface area contributed by atoms with Crippen LogP contribution >= 0.6 is 0 Å². The van der Waals surface area contributed by atoms with Gasteiger partial charge in [0, 0.05) is 44.9 Å². The summed E-state index contributed by atoms with van der Waals surface area (Å²) in [5, 5.41) is 22.0. The Morgan fingerprint density at radius 2 is 1.52 bits per heavy atom. The quantitative estimate of drug-likeness (QED) is 0.548. The van der Waals surface area contributed by atoms with Gasteiger partial charge in [0.05, 0.1) is 21.5 Å². The van der Waals surface area contributed by atoms with Gasteiger partial charge >= 0.3 is 0 Å². The molecule has 29 heavy (non-hydrogen) atoms. The van der Waals surface area contributed by atoms with E-state index in [0.29, 0.717) is 26.2 Å². The van der Waals surface area contributed by atoms with Crippen LogP contribution in [0.1, 0.15) is 15.9 Å². The van der Waals surface area contributed by atoms with Crippen LogP contribution in [-0.4, -0.2) is 58.3 Å². The molecule has 1 saturated heterocycles. The molecule has 0 spiro atoms. The minimum absolute atomic E-state index is 0.0386. The molecule has 1 fully saturated rings. The molecule has 1 aliphatic rings. The fourth-order valence-electron chi connectivity index (χ4n) is 3.15. The number of piperazine rings is 1. The van der Waals surface area contributed by atoms with E-state index in [1.54, 1.807) is 4.90 Å². The first kappa shape index (κ1) is 20.2. The largest absolute Gasteiger partial charge is 0.336 e. The van der Waals surface area contributed by atoms with Gasteiger partial charge in [0.2, 0.25) is 0 Å². The van der Waals surface area contributed by atoms with E-state index in [2.05, 4.69) is 11.0 Å². The second-order valence-corrected chi connectivity index (χ2v) is 6.66. The molecule has 0 atom stereocenters. The highest BCUT2D eigenvalue weighted by atomic mass is 16.6. The van der Waals surface area contributed by atoms with Gasteiger partial charge in [0.25, 0.3) is 17.3 Å². The molecule has 0 radical (unpaired) electrons. The summed E-state index contributed by atoms with van der Waals surface area (Å²) in [6.07, 6.45) is 4.11. The molecule has 0 unspecified atom stereocenters. The lowest BCUT2D eigenvalue weighted by Gasteiger charge is -2.34. The SMILES string of the molecule is O=C(c1cc([N+](=O)[O-])cc([N+](=O)[O-])c1)N1CCN(C/C=C/c2ccccc2)CC1. The maximum Gasteiger partial charge on any atom is 0.277 e. The number of hydrogen-bond donors (Lipinski definition) is 0. The Balaban J connectivity index is 1.60. The lowest BCUT2D eigenvalue weighted by molar-refractivity contribution is -0.394. The average Bonchev–Trinajstić information content (AvgIpc) is 2.74. The van der Waals surface area contributed by atoms with Gasteiger partial charge in [-0.15, -0.1) is 0 Å². The Bertz CT molecular complexity index is 905. The lowest BCUT2D eigenvalue weighted by atomic mass is 10.1. The summed E-state index contributed by atoms with van der Waals surface area (Å²) in [7, 11) is 0. The third kappa shape index (κ3) is 5.23. The standard InChI is InChI=1S/C20H20N4O5/c25-20(17-13-18(23(26)27)15-19(14-17)24(28)29)22-11-9-21(10-12-22)8-4-7-16-5-2-1-3-6-16/h1-7,13-15H,8-12H2/b7-4+. The van der Waals surface area contributed by atoms with Gasteiger partial charge in [0.15, 0.2) is 0 Å². The topological polar surface area (TPSA) is 110 Å². The summed E-state index contributed by atoms with van der Waals surface area (Å²) < 4.78 is 0. The number of nitrogens with zero attached hydrogens (tertiary/aromatic N) is 4. The molecule has 150 valence electrons. The van der Waals surface area contributed by atoms with Crippen LogP contribution in [0.2, 0.25) is 0 Å². The first-order chi connectivity index (χ1) is 13.9. The van der Waals surface area contributed by atoms with Crippen LogP contribution in [0.3, 0.4) is 0 Å². The van der Waals surface area contributed by atoms with Gasteiger partial charge in [-0.05, 0) is 5.56 Å². The molecular weight excluding hydrogens is 376 g/mol. The molecule has 3 rings (SSSR count).